The van der Waals surface area contributed by atoms with Crippen LogP contribution < -0.4 is 16.0 Å². The second kappa shape index (κ2) is 4.98. The number of nitrogens with one attached hydrogen (secondary N) is 1. The normalized spacial score (nSPS) is 18.5. The van der Waals surface area contributed by atoms with E-state index in [-0.39, 0.29) is 11.2 Å². The Morgan fingerprint density at radius 3 is 3.00 bits per heavy atom. The Morgan fingerprint density at radius 2 is 2.29 bits per heavy atom. The average Bonchev–Trinajstić information content (AvgIpc) is 2.30. The Balaban J connectivity index is 2.25. The summed E-state index contributed by atoms with van der Waals surface area (Å²) in [5.41, 5.74) is 7.51. The number of anilines is 2. The monoisotopic (exact) mass is 251 g/mol. The Bertz CT molecular complexity index is 436. The van der Waals surface area contributed by atoms with Crippen LogP contribution in [0.15, 0.2) is 23.1 Å². The van der Waals surface area contributed by atoms with Crippen molar-refractivity contribution in [1.82, 2.24) is 0 Å². The number of thioether (sulfide) groups is 1. The highest BCUT2D eigenvalue weighted by atomic mass is 32.2. The Morgan fingerprint density at radius 1 is 1.53 bits per heavy atom. The molecule has 0 aromatic heterocycles. The van der Waals surface area contributed by atoms with Crippen LogP contribution in [-0.4, -0.2) is 31.3 Å². The average molecular weight is 251 g/mol. The van der Waals surface area contributed by atoms with Crippen LogP contribution in [-0.2, 0) is 4.79 Å². The second-order valence-electron chi connectivity index (χ2n) is 4.14. The van der Waals surface area contributed by atoms with Crippen molar-refractivity contribution in [3.8, 4) is 0 Å². The maximum Gasteiger partial charge on any atom is 0.237 e. The molecule has 1 aliphatic rings. The standard InChI is InChI=1S/C12H17N3OS/c1-8-12(16)14-10-7-9(15(2)6-5-13)3-4-11(10)17-8/h3-4,7-8H,5-6,13H2,1-2H3,(H,14,16). The molecule has 0 aliphatic carbocycles. The van der Waals surface area contributed by atoms with Gasteiger partial charge in [0.2, 0.25) is 5.91 Å². The molecule has 0 spiro atoms. The maximum atomic E-state index is 11.6. The number of carbonyl (C=O) groups is 1. The molecular formula is C12H17N3OS. The number of nitrogens with two attached hydrogens (primary N) is 1. The zero-order valence-electron chi connectivity index (χ0n) is 10.1. The van der Waals surface area contributed by atoms with E-state index in [0.717, 1.165) is 22.8 Å². The van der Waals surface area contributed by atoms with Crippen molar-refractivity contribution in [2.45, 2.75) is 17.1 Å². The van der Waals surface area contributed by atoms with Gasteiger partial charge < -0.3 is 16.0 Å². The van der Waals surface area contributed by atoms with Crippen molar-refractivity contribution in [2.75, 3.05) is 30.4 Å². The smallest absolute Gasteiger partial charge is 0.237 e. The summed E-state index contributed by atoms with van der Waals surface area (Å²) >= 11 is 1.60. The number of likely N-dealkylation sites (N-methyl/N-ethyl adjacent to an activating group) is 1. The Labute approximate surface area is 106 Å². The molecule has 1 atom stereocenters. The van der Waals surface area contributed by atoms with Crippen molar-refractivity contribution in [3.63, 3.8) is 0 Å². The van der Waals surface area contributed by atoms with Gasteiger partial charge in [-0.1, -0.05) is 0 Å². The van der Waals surface area contributed by atoms with Crippen LogP contribution in [0.2, 0.25) is 0 Å². The first kappa shape index (κ1) is 12.3. The van der Waals surface area contributed by atoms with Gasteiger partial charge in [0.25, 0.3) is 0 Å². The Hall–Kier alpha value is -1.20. The molecule has 1 heterocycles. The molecule has 1 aromatic rings. The minimum absolute atomic E-state index is 0.0184. The van der Waals surface area contributed by atoms with Crippen LogP contribution in [0.5, 0.6) is 0 Å². The summed E-state index contributed by atoms with van der Waals surface area (Å²) < 4.78 is 0. The number of benzene rings is 1. The van der Waals surface area contributed by atoms with Crippen LogP contribution >= 0.6 is 11.8 Å². The van der Waals surface area contributed by atoms with E-state index in [1.54, 1.807) is 11.8 Å². The number of nitrogens with zero attached hydrogens (tertiary/aromatic N) is 1. The van der Waals surface area contributed by atoms with E-state index in [1.165, 1.54) is 0 Å². The zero-order chi connectivity index (χ0) is 12.4. The van der Waals surface area contributed by atoms with Crippen LogP contribution in [0.3, 0.4) is 0 Å². The van der Waals surface area contributed by atoms with Gasteiger partial charge >= 0.3 is 0 Å². The molecule has 1 aliphatic heterocycles. The SMILES string of the molecule is CC1Sc2ccc(N(C)CCN)cc2NC1=O. The predicted octanol–water partition coefficient (Wildman–Crippen LogP) is 1.51. The lowest BCUT2D eigenvalue weighted by Crippen LogP contribution is -2.28. The van der Waals surface area contributed by atoms with Gasteiger partial charge in [-0.2, -0.15) is 0 Å². The molecule has 0 fully saturated rings. The number of hydrogen-bond donors (Lipinski definition) is 2. The number of hydrogen-bond acceptors (Lipinski definition) is 4. The van der Waals surface area contributed by atoms with Gasteiger partial charge in [0.1, 0.15) is 0 Å². The van der Waals surface area contributed by atoms with Crippen LogP contribution in [0.1, 0.15) is 6.92 Å². The van der Waals surface area contributed by atoms with Crippen LogP contribution in [0, 0.1) is 0 Å². The molecule has 1 unspecified atom stereocenters. The lowest BCUT2D eigenvalue weighted by Gasteiger charge is -2.24. The number of carbonyl (C=O) groups excluding carboxylic acids is 1. The first-order chi connectivity index (χ1) is 8.11. The molecule has 3 N–H and O–H groups in total. The van der Waals surface area contributed by atoms with Crippen molar-refractivity contribution in [3.05, 3.63) is 18.2 Å². The van der Waals surface area contributed by atoms with Gasteiger partial charge in [-0.05, 0) is 25.1 Å². The van der Waals surface area contributed by atoms with E-state index >= 15 is 0 Å². The van der Waals surface area contributed by atoms with E-state index in [2.05, 4.69) is 22.3 Å². The van der Waals surface area contributed by atoms with E-state index in [0.29, 0.717) is 6.54 Å². The van der Waals surface area contributed by atoms with Crippen molar-refractivity contribution in [1.29, 1.82) is 0 Å². The molecule has 0 bridgehead atoms. The summed E-state index contributed by atoms with van der Waals surface area (Å²) in [5, 5.41) is 2.91. The minimum Gasteiger partial charge on any atom is -0.373 e. The summed E-state index contributed by atoms with van der Waals surface area (Å²) in [6.07, 6.45) is 0. The van der Waals surface area contributed by atoms with Gasteiger partial charge in [0.05, 0.1) is 10.9 Å². The molecule has 5 heteroatoms. The zero-order valence-corrected chi connectivity index (χ0v) is 10.9. The van der Waals surface area contributed by atoms with E-state index in [4.69, 9.17) is 5.73 Å². The fraction of sp³-hybridized carbons (Fsp3) is 0.417. The first-order valence-corrected chi connectivity index (χ1v) is 6.52. The topological polar surface area (TPSA) is 58.4 Å². The predicted molar refractivity (Wildman–Crippen MR) is 72.7 cm³/mol. The lowest BCUT2D eigenvalue weighted by atomic mass is 10.2. The van der Waals surface area contributed by atoms with E-state index < -0.39 is 0 Å². The van der Waals surface area contributed by atoms with Gasteiger partial charge in [0.15, 0.2) is 0 Å². The summed E-state index contributed by atoms with van der Waals surface area (Å²) in [6.45, 7) is 3.33. The molecule has 2 rings (SSSR count). The minimum atomic E-state index is -0.0184. The second-order valence-corrected chi connectivity index (χ2v) is 5.52. The van der Waals surface area contributed by atoms with Crippen molar-refractivity contribution < 1.29 is 4.79 Å². The Kier molecular flexibility index (Phi) is 3.59. The third-order valence-electron chi connectivity index (χ3n) is 2.80. The fourth-order valence-electron chi connectivity index (χ4n) is 1.76. The molecule has 92 valence electrons. The summed E-state index contributed by atoms with van der Waals surface area (Å²) in [4.78, 5) is 14.8. The molecular weight excluding hydrogens is 234 g/mol. The largest absolute Gasteiger partial charge is 0.373 e. The van der Waals surface area contributed by atoms with Gasteiger partial charge in [0, 0.05) is 30.7 Å². The number of rotatable bonds is 3. The molecule has 1 aromatic carbocycles. The molecule has 1 amide bonds. The quantitative estimate of drug-likeness (QED) is 0.855. The van der Waals surface area contributed by atoms with Gasteiger partial charge in [-0.15, -0.1) is 11.8 Å². The fourth-order valence-corrected chi connectivity index (χ4v) is 2.69. The molecule has 4 nitrogen and oxygen atoms in total. The molecule has 0 saturated heterocycles. The van der Waals surface area contributed by atoms with Gasteiger partial charge in [-0.25, -0.2) is 0 Å². The molecule has 0 saturated carbocycles. The first-order valence-electron chi connectivity index (χ1n) is 5.64. The number of fused-ring (bicyclic) bond motifs is 1. The summed E-state index contributed by atoms with van der Waals surface area (Å²) in [6, 6.07) is 6.12. The highest BCUT2D eigenvalue weighted by molar-refractivity contribution is 8.00. The van der Waals surface area contributed by atoms with Crippen LogP contribution in [0.25, 0.3) is 0 Å². The van der Waals surface area contributed by atoms with Crippen molar-refractivity contribution >= 4 is 29.0 Å². The highest BCUT2D eigenvalue weighted by Crippen LogP contribution is 2.37. The van der Waals surface area contributed by atoms with Crippen LogP contribution in [0.4, 0.5) is 11.4 Å². The van der Waals surface area contributed by atoms with E-state index in [9.17, 15) is 4.79 Å². The number of amides is 1. The molecule has 17 heavy (non-hydrogen) atoms. The summed E-state index contributed by atoms with van der Waals surface area (Å²) in [7, 11) is 2.00. The van der Waals surface area contributed by atoms with E-state index in [1.807, 2.05) is 20.0 Å². The third kappa shape index (κ3) is 2.56. The van der Waals surface area contributed by atoms with Gasteiger partial charge in [-0.3, -0.25) is 4.79 Å². The highest BCUT2D eigenvalue weighted by Gasteiger charge is 2.23. The maximum absolute atomic E-state index is 11.6. The summed E-state index contributed by atoms with van der Waals surface area (Å²) in [5.74, 6) is 0.0705. The van der Waals surface area contributed by atoms with Crippen molar-refractivity contribution in [2.24, 2.45) is 5.73 Å². The third-order valence-corrected chi connectivity index (χ3v) is 3.98. The molecule has 0 radical (unpaired) electrons. The lowest BCUT2D eigenvalue weighted by molar-refractivity contribution is -0.115.